The molecule has 0 aromatic heterocycles. The monoisotopic (exact) mass is 920 g/mol. The van der Waals surface area contributed by atoms with Gasteiger partial charge in [-0.3, -0.25) is 9.59 Å². The van der Waals surface area contributed by atoms with Crippen LogP contribution in [0.4, 0.5) is 0 Å². The van der Waals surface area contributed by atoms with Crippen molar-refractivity contribution in [1.29, 1.82) is 0 Å². The van der Waals surface area contributed by atoms with Crippen LogP contribution in [0.1, 0.15) is 341 Å². The second-order valence-corrected chi connectivity index (χ2v) is 20.7. The van der Waals surface area contributed by atoms with E-state index in [1.807, 2.05) is 0 Å². The summed E-state index contributed by atoms with van der Waals surface area (Å²) in [7, 11) is 0. The van der Waals surface area contributed by atoms with E-state index in [0.29, 0.717) is 25.9 Å². The summed E-state index contributed by atoms with van der Waals surface area (Å²) >= 11 is 0. The number of esters is 1. The molecule has 6 heteroatoms. The molecule has 0 saturated heterocycles. The van der Waals surface area contributed by atoms with Gasteiger partial charge in [0.25, 0.3) is 0 Å². The largest absolute Gasteiger partial charge is 0.466 e. The Kier molecular flexibility index (Phi) is 54.5. The summed E-state index contributed by atoms with van der Waals surface area (Å²) in [5.74, 6) is -0.0223. The van der Waals surface area contributed by atoms with Crippen LogP contribution in [-0.4, -0.2) is 47.4 Å². The second kappa shape index (κ2) is 55.5. The molecule has 6 nitrogen and oxygen atoms in total. The van der Waals surface area contributed by atoms with E-state index in [2.05, 4.69) is 19.2 Å². The number of hydrogen-bond acceptors (Lipinski definition) is 5. The lowest BCUT2D eigenvalue weighted by atomic mass is 10.0. The Labute approximate surface area is 406 Å². The van der Waals surface area contributed by atoms with Gasteiger partial charge >= 0.3 is 5.97 Å². The molecule has 388 valence electrons. The van der Waals surface area contributed by atoms with Gasteiger partial charge in [-0.15, -0.1) is 0 Å². The zero-order valence-electron chi connectivity index (χ0n) is 44.3. The number of hydrogen-bond donors (Lipinski definition) is 3. The van der Waals surface area contributed by atoms with Gasteiger partial charge in [-0.2, -0.15) is 0 Å². The maximum atomic E-state index is 12.5. The number of carbonyl (C=O) groups is 2. The Morgan fingerprint density at radius 2 is 0.631 bits per heavy atom. The quantitative estimate of drug-likeness (QED) is 0.0417. The molecule has 0 rings (SSSR count). The zero-order valence-corrected chi connectivity index (χ0v) is 44.3. The lowest BCUT2D eigenvalue weighted by molar-refractivity contribution is -0.143. The SMILES string of the molecule is CCCCCCCCCCCCCCCCCCC(=O)OCCCCCCCCCCCCCCCCCCCCCC(=O)NC(CO)C(O)CCCCCCCCCCCCCCC. The number of amides is 1. The minimum Gasteiger partial charge on any atom is -0.466 e. The Hall–Kier alpha value is -1.14. The fourth-order valence-electron chi connectivity index (χ4n) is 9.58. The van der Waals surface area contributed by atoms with Crippen LogP contribution in [0.15, 0.2) is 0 Å². The molecule has 0 bridgehead atoms. The third-order valence-electron chi connectivity index (χ3n) is 14.2. The van der Waals surface area contributed by atoms with Crippen molar-refractivity contribution < 1.29 is 24.5 Å². The van der Waals surface area contributed by atoms with Crippen molar-refractivity contribution in [2.45, 2.75) is 353 Å². The van der Waals surface area contributed by atoms with Crippen molar-refractivity contribution in [1.82, 2.24) is 5.32 Å². The summed E-state index contributed by atoms with van der Waals surface area (Å²) in [5.41, 5.74) is 0. The van der Waals surface area contributed by atoms with E-state index in [9.17, 15) is 19.8 Å². The molecule has 0 heterocycles. The summed E-state index contributed by atoms with van der Waals surface area (Å²) in [5, 5.41) is 23.2. The first kappa shape index (κ1) is 63.9. The van der Waals surface area contributed by atoms with Gasteiger partial charge in [0.15, 0.2) is 0 Å². The van der Waals surface area contributed by atoms with Crippen molar-refractivity contribution in [3.63, 3.8) is 0 Å². The van der Waals surface area contributed by atoms with Gasteiger partial charge in [-0.05, 0) is 25.7 Å². The highest BCUT2D eigenvalue weighted by molar-refractivity contribution is 5.76. The van der Waals surface area contributed by atoms with E-state index in [4.69, 9.17) is 4.74 Å². The average molecular weight is 921 g/mol. The smallest absolute Gasteiger partial charge is 0.305 e. The Balaban J connectivity index is 3.36. The first-order chi connectivity index (χ1) is 32.0. The topological polar surface area (TPSA) is 95.9 Å². The fourth-order valence-corrected chi connectivity index (χ4v) is 9.58. The van der Waals surface area contributed by atoms with Crippen molar-refractivity contribution in [3.05, 3.63) is 0 Å². The lowest BCUT2D eigenvalue weighted by Gasteiger charge is -2.22. The molecule has 2 unspecified atom stereocenters. The molecule has 0 aliphatic rings. The van der Waals surface area contributed by atoms with Gasteiger partial charge < -0.3 is 20.3 Å². The van der Waals surface area contributed by atoms with Crippen LogP contribution in [0.25, 0.3) is 0 Å². The van der Waals surface area contributed by atoms with Gasteiger partial charge in [0.1, 0.15) is 0 Å². The summed E-state index contributed by atoms with van der Waals surface area (Å²) in [6.07, 6.45) is 63.8. The predicted octanol–water partition coefficient (Wildman–Crippen LogP) is 18.3. The highest BCUT2D eigenvalue weighted by atomic mass is 16.5. The van der Waals surface area contributed by atoms with Crippen molar-refractivity contribution in [3.8, 4) is 0 Å². The van der Waals surface area contributed by atoms with Gasteiger partial charge in [0, 0.05) is 12.8 Å². The Morgan fingerprint density at radius 3 is 0.938 bits per heavy atom. The zero-order chi connectivity index (χ0) is 47.2. The number of ether oxygens (including phenoxy) is 1. The normalized spacial score (nSPS) is 12.5. The van der Waals surface area contributed by atoms with Gasteiger partial charge in [0.05, 0.1) is 25.4 Å². The number of nitrogens with one attached hydrogen (secondary N) is 1. The molecule has 2 atom stereocenters. The molecule has 65 heavy (non-hydrogen) atoms. The first-order valence-corrected chi connectivity index (χ1v) is 29.8. The van der Waals surface area contributed by atoms with Gasteiger partial charge in [0.2, 0.25) is 5.91 Å². The molecule has 1 amide bonds. The summed E-state index contributed by atoms with van der Waals surface area (Å²) < 4.78 is 5.49. The molecular weight excluding hydrogens is 803 g/mol. The van der Waals surface area contributed by atoms with Crippen LogP contribution in [0.3, 0.4) is 0 Å². The van der Waals surface area contributed by atoms with E-state index >= 15 is 0 Å². The number of rotatable bonds is 56. The van der Waals surface area contributed by atoms with Gasteiger partial charge in [-0.1, -0.05) is 303 Å². The molecule has 0 saturated carbocycles. The molecular formula is C59H117NO5. The number of carbonyl (C=O) groups excluding carboxylic acids is 2. The molecule has 0 radical (unpaired) electrons. The summed E-state index contributed by atoms with van der Waals surface area (Å²) in [4.78, 5) is 24.5. The number of unbranched alkanes of at least 4 members (excludes halogenated alkanes) is 45. The van der Waals surface area contributed by atoms with E-state index in [0.717, 1.165) is 38.5 Å². The van der Waals surface area contributed by atoms with E-state index in [1.165, 1.54) is 270 Å². The van der Waals surface area contributed by atoms with Crippen molar-refractivity contribution in [2.24, 2.45) is 0 Å². The van der Waals surface area contributed by atoms with E-state index in [-0.39, 0.29) is 18.5 Å². The summed E-state index contributed by atoms with van der Waals surface area (Å²) in [6, 6.07) is -0.541. The third kappa shape index (κ3) is 52.1. The standard InChI is InChI=1S/C59H117NO5/c1-3-5-7-9-11-13-15-17-18-25-29-33-37-41-45-49-53-59(64)65-54-50-46-42-38-34-30-26-23-21-19-20-22-24-28-32-36-40-44-48-52-58(63)60-56(55-61)57(62)51-47-43-39-35-31-27-16-14-12-10-8-6-4-2/h56-57,61-62H,3-55H2,1-2H3,(H,60,63). The lowest BCUT2D eigenvalue weighted by Crippen LogP contribution is -2.45. The van der Waals surface area contributed by atoms with Crippen molar-refractivity contribution in [2.75, 3.05) is 13.2 Å². The van der Waals surface area contributed by atoms with Gasteiger partial charge in [-0.25, -0.2) is 0 Å². The highest BCUT2D eigenvalue weighted by Crippen LogP contribution is 2.18. The minimum absolute atomic E-state index is 0.0134. The molecule has 0 fully saturated rings. The van der Waals surface area contributed by atoms with Crippen LogP contribution in [0.5, 0.6) is 0 Å². The fraction of sp³-hybridized carbons (Fsp3) is 0.966. The molecule has 0 aliphatic heterocycles. The first-order valence-electron chi connectivity index (χ1n) is 29.8. The van der Waals surface area contributed by atoms with Crippen LogP contribution in [0, 0.1) is 0 Å². The Morgan fingerprint density at radius 1 is 0.369 bits per heavy atom. The molecule has 0 spiro atoms. The second-order valence-electron chi connectivity index (χ2n) is 20.7. The van der Waals surface area contributed by atoms with Crippen LogP contribution < -0.4 is 5.32 Å². The molecule has 0 aliphatic carbocycles. The third-order valence-corrected chi connectivity index (χ3v) is 14.2. The number of aliphatic hydroxyl groups excluding tert-OH is 2. The van der Waals surface area contributed by atoms with E-state index in [1.54, 1.807) is 0 Å². The van der Waals surface area contributed by atoms with E-state index < -0.39 is 12.1 Å². The number of aliphatic hydroxyl groups is 2. The highest BCUT2D eigenvalue weighted by Gasteiger charge is 2.20. The molecule has 0 aromatic rings. The maximum Gasteiger partial charge on any atom is 0.305 e. The average Bonchev–Trinajstić information content (AvgIpc) is 3.31. The minimum atomic E-state index is -0.664. The van der Waals surface area contributed by atoms with Crippen LogP contribution in [-0.2, 0) is 14.3 Å². The van der Waals surface area contributed by atoms with Crippen molar-refractivity contribution >= 4 is 11.9 Å². The van der Waals surface area contributed by atoms with Crippen LogP contribution >= 0.6 is 0 Å². The summed E-state index contributed by atoms with van der Waals surface area (Å²) in [6.45, 7) is 4.97. The predicted molar refractivity (Wildman–Crippen MR) is 283 cm³/mol. The maximum absolute atomic E-state index is 12.5. The molecule has 0 aromatic carbocycles. The van der Waals surface area contributed by atoms with Crippen LogP contribution in [0.2, 0.25) is 0 Å². The Bertz CT molecular complexity index is 928. The molecule has 3 N–H and O–H groups in total.